The highest BCUT2D eigenvalue weighted by atomic mass is 35.5. The third-order valence-electron chi connectivity index (χ3n) is 5.62. The molecule has 2 aromatic rings. The van der Waals surface area contributed by atoms with E-state index in [4.69, 9.17) is 21.1 Å². The number of sulfonamides is 1. The number of piperazine rings is 1. The van der Waals surface area contributed by atoms with Crippen molar-refractivity contribution in [1.29, 1.82) is 0 Å². The molecule has 0 aliphatic carbocycles. The highest BCUT2D eigenvalue weighted by Crippen LogP contribution is 2.26. The summed E-state index contributed by atoms with van der Waals surface area (Å²) in [6.07, 6.45) is 3.59. The summed E-state index contributed by atoms with van der Waals surface area (Å²) in [7, 11) is -3.33. The molecule has 0 atom stereocenters. The van der Waals surface area contributed by atoms with Gasteiger partial charge in [0.25, 0.3) is 0 Å². The van der Waals surface area contributed by atoms with Gasteiger partial charge in [0.05, 0.1) is 23.7 Å². The van der Waals surface area contributed by atoms with Gasteiger partial charge in [-0.2, -0.15) is 14.1 Å². The molecule has 1 saturated heterocycles. The van der Waals surface area contributed by atoms with Gasteiger partial charge in [0, 0.05) is 37.8 Å². The van der Waals surface area contributed by atoms with Crippen molar-refractivity contribution in [1.82, 2.24) is 14.1 Å². The molecule has 0 bridgehead atoms. The standard InChI is InChI=1S/C23H33ClN4O5S/c1-4-5-13-32-14-15-33-22-21(26-9-11-27(12-10-26)34(30,31)18(2)3)17-25-28(23(22)29)20-8-6-7-19(24)16-20/h6-8,16-18H,4-5,9-15H2,1-3H3. The zero-order chi connectivity index (χ0) is 24.7. The molecule has 9 nitrogen and oxygen atoms in total. The second-order valence-corrected chi connectivity index (χ2v) is 11.3. The minimum atomic E-state index is -3.33. The number of hydrogen-bond acceptors (Lipinski definition) is 7. The van der Waals surface area contributed by atoms with Crippen LogP contribution >= 0.6 is 11.6 Å². The molecule has 0 unspecified atom stereocenters. The summed E-state index contributed by atoms with van der Waals surface area (Å²) in [6, 6.07) is 6.87. The summed E-state index contributed by atoms with van der Waals surface area (Å²) in [5, 5.41) is 4.36. The first-order chi connectivity index (χ1) is 16.3. The van der Waals surface area contributed by atoms with E-state index in [2.05, 4.69) is 12.0 Å². The first-order valence-corrected chi connectivity index (χ1v) is 13.5. The summed E-state index contributed by atoms with van der Waals surface area (Å²) in [6.45, 7) is 8.18. The van der Waals surface area contributed by atoms with E-state index in [0.717, 1.165) is 12.8 Å². The van der Waals surface area contributed by atoms with Crippen molar-refractivity contribution in [3.05, 3.63) is 45.8 Å². The lowest BCUT2D eigenvalue weighted by atomic mass is 10.3. The number of nitrogens with zero attached hydrogens (tertiary/aromatic N) is 4. The molecule has 1 aliphatic heterocycles. The molecule has 2 heterocycles. The Kier molecular flexibility index (Phi) is 9.35. The molecular weight excluding hydrogens is 480 g/mol. The molecule has 1 fully saturated rings. The summed E-state index contributed by atoms with van der Waals surface area (Å²) in [4.78, 5) is 15.3. The van der Waals surface area contributed by atoms with E-state index in [1.807, 2.05) is 4.90 Å². The van der Waals surface area contributed by atoms with Crippen LogP contribution in [0.2, 0.25) is 5.02 Å². The van der Waals surface area contributed by atoms with Gasteiger partial charge >= 0.3 is 5.56 Å². The van der Waals surface area contributed by atoms with Crippen molar-refractivity contribution in [3.8, 4) is 11.4 Å². The molecule has 1 aromatic heterocycles. The normalized spacial score (nSPS) is 15.1. The van der Waals surface area contributed by atoms with Crippen molar-refractivity contribution in [2.45, 2.75) is 38.9 Å². The van der Waals surface area contributed by atoms with E-state index >= 15 is 0 Å². The molecule has 1 aliphatic rings. The number of rotatable bonds is 11. The topological polar surface area (TPSA) is 94.0 Å². The zero-order valence-electron chi connectivity index (χ0n) is 19.9. The number of anilines is 1. The number of ether oxygens (including phenoxy) is 2. The lowest BCUT2D eigenvalue weighted by molar-refractivity contribution is 0.0974. The van der Waals surface area contributed by atoms with E-state index in [-0.39, 0.29) is 12.4 Å². The summed E-state index contributed by atoms with van der Waals surface area (Å²) in [5.74, 6) is 0.161. The zero-order valence-corrected chi connectivity index (χ0v) is 21.5. The molecule has 0 radical (unpaired) electrons. The Hall–Kier alpha value is -2.14. The van der Waals surface area contributed by atoms with Crippen LogP contribution in [-0.4, -0.2) is 73.8 Å². The second-order valence-electron chi connectivity index (χ2n) is 8.35. The predicted octanol–water partition coefficient (Wildman–Crippen LogP) is 2.94. The minimum Gasteiger partial charge on any atom is -0.484 e. The number of hydrogen-bond donors (Lipinski definition) is 0. The highest BCUT2D eigenvalue weighted by molar-refractivity contribution is 7.89. The van der Waals surface area contributed by atoms with Crippen molar-refractivity contribution in [3.63, 3.8) is 0 Å². The SMILES string of the molecule is CCCCOCCOc1c(N2CCN(S(=O)(=O)C(C)C)CC2)cnn(-c2cccc(Cl)c2)c1=O. The van der Waals surface area contributed by atoms with Crippen LogP contribution in [0.15, 0.2) is 35.3 Å². The Morgan fingerprint density at radius 3 is 2.50 bits per heavy atom. The van der Waals surface area contributed by atoms with E-state index in [1.165, 1.54) is 8.99 Å². The fourth-order valence-corrected chi connectivity index (χ4v) is 5.07. The Labute approximate surface area is 206 Å². The van der Waals surface area contributed by atoms with Gasteiger partial charge in [-0.1, -0.05) is 31.0 Å². The Balaban J connectivity index is 1.84. The van der Waals surface area contributed by atoms with Crippen LogP contribution in [0.4, 0.5) is 5.69 Å². The maximum Gasteiger partial charge on any atom is 0.316 e. The monoisotopic (exact) mass is 512 g/mol. The average molecular weight is 513 g/mol. The van der Waals surface area contributed by atoms with Gasteiger partial charge in [-0.25, -0.2) is 8.42 Å². The van der Waals surface area contributed by atoms with Gasteiger partial charge in [0.2, 0.25) is 15.8 Å². The van der Waals surface area contributed by atoms with Gasteiger partial charge in [-0.15, -0.1) is 0 Å². The average Bonchev–Trinajstić information content (AvgIpc) is 2.82. The van der Waals surface area contributed by atoms with Crippen LogP contribution in [0.5, 0.6) is 5.75 Å². The molecule has 0 N–H and O–H groups in total. The summed E-state index contributed by atoms with van der Waals surface area (Å²) >= 11 is 6.10. The molecular formula is C23H33ClN4O5S. The quantitative estimate of drug-likeness (QED) is 0.427. The largest absolute Gasteiger partial charge is 0.484 e. The van der Waals surface area contributed by atoms with E-state index in [0.29, 0.717) is 55.8 Å². The number of unbranched alkanes of at least 4 members (excludes halogenated alkanes) is 1. The first-order valence-electron chi connectivity index (χ1n) is 11.6. The van der Waals surface area contributed by atoms with E-state index in [9.17, 15) is 13.2 Å². The molecule has 11 heteroatoms. The fraction of sp³-hybridized carbons (Fsp3) is 0.565. The highest BCUT2D eigenvalue weighted by Gasteiger charge is 2.31. The van der Waals surface area contributed by atoms with Crippen molar-refractivity contribution in [2.75, 3.05) is 50.9 Å². The van der Waals surface area contributed by atoms with E-state index < -0.39 is 20.8 Å². The Morgan fingerprint density at radius 1 is 1.12 bits per heavy atom. The fourth-order valence-electron chi connectivity index (χ4n) is 3.61. The maximum atomic E-state index is 13.4. The Morgan fingerprint density at radius 2 is 1.85 bits per heavy atom. The van der Waals surface area contributed by atoms with Crippen LogP contribution in [0.1, 0.15) is 33.6 Å². The molecule has 0 spiro atoms. The number of halogens is 1. The van der Waals surface area contributed by atoms with Crippen molar-refractivity contribution < 1.29 is 17.9 Å². The van der Waals surface area contributed by atoms with Crippen LogP contribution in [0, 0.1) is 0 Å². The van der Waals surface area contributed by atoms with Crippen LogP contribution < -0.4 is 15.2 Å². The first kappa shape index (κ1) is 26.5. The molecule has 3 rings (SSSR count). The molecule has 0 amide bonds. The minimum absolute atomic E-state index is 0.161. The van der Waals surface area contributed by atoms with Gasteiger partial charge in [-0.3, -0.25) is 4.79 Å². The third-order valence-corrected chi connectivity index (χ3v) is 8.13. The summed E-state index contributed by atoms with van der Waals surface area (Å²) < 4.78 is 39.3. The number of aromatic nitrogens is 2. The molecule has 188 valence electrons. The molecule has 34 heavy (non-hydrogen) atoms. The second kappa shape index (κ2) is 12.0. The predicted molar refractivity (Wildman–Crippen MR) is 134 cm³/mol. The van der Waals surface area contributed by atoms with Gasteiger partial charge < -0.3 is 14.4 Å². The lowest BCUT2D eigenvalue weighted by Crippen LogP contribution is -2.50. The van der Waals surface area contributed by atoms with Crippen LogP contribution in [0.3, 0.4) is 0 Å². The smallest absolute Gasteiger partial charge is 0.316 e. The molecule has 0 saturated carbocycles. The van der Waals surface area contributed by atoms with Crippen LogP contribution in [0.25, 0.3) is 5.69 Å². The van der Waals surface area contributed by atoms with Gasteiger partial charge in [-0.05, 0) is 38.5 Å². The van der Waals surface area contributed by atoms with Gasteiger partial charge in [0.15, 0.2) is 0 Å². The van der Waals surface area contributed by atoms with Crippen LogP contribution in [-0.2, 0) is 14.8 Å². The third kappa shape index (κ3) is 6.29. The lowest BCUT2D eigenvalue weighted by Gasteiger charge is -2.36. The van der Waals surface area contributed by atoms with E-state index in [1.54, 1.807) is 44.3 Å². The maximum absolute atomic E-state index is 13.4. The van der Waals surface area contributed by atoms with Gasteiger partial charge in [0.1, 0.15) is 12.3 Å². The van der Waals surface area contributed by atoms with Crippen molar-refractivity contribution >= 4 is 27.3 Å². The van der Waals surface area contributed by atoms with Crippen molar-refractivity contribution in [2.24, 2.45) is 0 Å². The number of benzene rings is 1. The Bertz CT molecular complexity index is 1110. The molecule has 1 aromatic carbocycles. The summed E-state index contributed by atoms with van der Waals surface area (Å²) in [5.41, 5.74) is 0.657.